The highest BCUT2D eigenvalue weighted by atomic mass is 16.6. The van der Waals surface area contributed by atoms with E-state index >= 15 is 0 Å². The zero-order valence-electron chi connectivity index (χ0n) is 12.0. The Morgan fingerprint density at radius 1 is 1.45 bits per heavy atom. The molecule has 0 atom stereocenters. The van der Waals surface area contributed by atoms with Crippen LogP contribution in [0, 0.1) is 0 Å². The molecule has 0 radical (unpaired) electrons. The molecule has 108 valence electrons. The number of nitrogens with zero attached hydrogens (tertiary/aromatic N) is 2. The molecule has 0 saturated carbocycles. The quantitative estimate of drug-likeness (QED) is 0.709. The van der Waals surface area contributed by atoms with Crippen molar-refractivity contribution in [3.63, 3.8) is 0 Å². The first-order valence-corrected chi connectivity index (χ1v) is 6.58. The Labute approximate surface area is 118 Å². The Morgan fingerprint density at radius 2 is 2.15 bits per heavy atom. The second-order valence-corrected chi connectivity index (χ2v) is 5.90. The standard InChI is InChI=1S/C13H19BN2O4/c1-13(2,3)20-12(17)16-5-4-9-6-10(14(18)19)7-15-11(9)8-16/h6-7,18-19H,4-5,8H2,1-3H3. The van der Waals surface area contributed by atoms with Crippen molar-refractivity contribution >= 4 is 18.7 Å². The molecule has 0 fully saturated rings. The molecule has 0 bridgehead atoms. The van der Waals surface area contributed by atoms with Crippen LogP contribution in [0.2, 0.25) is 0 Å². The van der Waals surface area contributed by atoms with Crippen molar-refractivity contribution in [2.45, 2.75) is 39.3 Å². The number of amides is 1. The van der Waals surface area contributed by atoms with Crippen LogP contribution in [0.4, 0.5) is 4.79 Å². The molecule has 0 unspecified atom stereocenters. The molecule has 1 aromatic heterocycles. The molecule has 0 spiro atoms. The monoisotopic (exact) mass is 278 g/mol. The first-order valence-electron chi connectivity index (χ1n) is 6.58. The van der Waals surface area contributed by atoms with E-state index in [2.05, 4.69) is 4.98 Å². The molecule has 1 aliphatic rings. The summed E-state index contributed by atoms with van der Waals surface area (Å²) in [7, 11) is -1.52. The van der Waals surface area contributed by atoms with E-state index in [0.29, 0.717) is 25.0 Å². The maximum Gasteiger partial charge on any atom is 0.490 e. The Balaban J connectivity index is 2.10. The molecule has 7 heteroatoms. The van der Waals surface area contributed by atoms with Gasteiger partial charge in [0.15, 0.2) is 0 Å². The number of pyridine rings is 1. The molecule has 20 heavy (non-hydrogen) atoms. The summed E-state index contributed by atoms with van der Waals surface area (Å²) >= 11 is 0. The zero-order chi connectivity index (χ0) is 14.9. The summed E-state index contributed by atoms with van der Waals surface area (Å²) < 4.78 is 5.33. The average molecular weight is 278 g/mol. The van der Waals surface area contributed by atoms with E-state index in [1.54, 1.807) is 11.0 Å². The lowest BCUT2D eigenvalue weighted by molar-refractivity contribution is 0.0221. The van der Waals surface area contributed by atoms with Gasteiger partial charge >= 0.3 is 13.2 Å². The molecule has 1 aromatic rings. The lowest BCUT2D eigenvalue weighted by Gasteiger charge is -2.30. The van der Waals surface area contributed by atoms with Gasteiger partial charge in [0.25, 0.3) is 0 Å². The van der Waals surface area contributed by atoms with Crippen molar-refractivity contribution in [2.24, 2.45) is 0 Å². The summed E-state index contributed by atoms with van der Waals surface area (Å²) in [6, 6.07) is 1.72. The predicted molar refractivity (Wildman–Crippen MR) is 74.4 cm³/mol. The summed E-state index contributed by atoms with van der Waals surface area (Å²) in [5.74, 6) is 0. The van der Waals surface area contributed by atoms with Gasteiger partial charge in [0, 0.05) is 18.2 Å². The summed E-state index contributed by atoms with van der Waals surface area (Å²) in [6.45, 7) is 6.41. The normalized spacial score (nSPS) is 14.8. The van der Waals surface area contributed by atoms with Gasteiger partial charge < -0.3 is 19.7 Å². The van der Waals surface area contributed by atoms with Crippen molar-refractivity contribution in [3.8, 4) is 0 Å². The Bertz CT molecular complexity index is 514. The van der Waals surface area contributed by atoms with Crippen molar-refractivity contribution in [1.29, 1.82) is 0 Å². The van der Waals surface area contributed by atoms with E-state index in [9.17, 15) is 4.79 Å². The third kappa shape index (κ3) is 3.49. The number of carbonyl (C=O) groups excluding carboxylic acids is 1. The van der Waals surface area contributed by atoms with Gasteiger partial charge in [-0.3, -0.25) is 4.98 Å². The molecular weight excluding hydrogens is 259 g/mol. The Kier molecular flexibility index (Phi) is 4.01. The third-order valence-electron chi connectivity index (χ3n) is 3.02. The van der Waals surface area contributed by atoms with Crippen molar-refractivity contribution in [2.75, 3.05) is 6.54 Å². The number of hydrogen-bond acceptors (Lipinski definition) is 5. The molecule has 6 nitrogen and oxygen atoms in total. The van der Waals surface area contributed by atoms with Gasteiger partial charge in [-0.1, -0.05) is 6.07 Å². The fourth-order valence-electron chi connectivity index (χ4n) is 2.05. The largest absolute Gasteiger partial charge is 0.490 e. The summed E-state index contributed by atoms with van der Waals surface area (Å²) in [6.07, 6.45) is 1.70. The first-order chi connectivity index (χ1) is 9.26. The molecule has 2 N–H and O–H groups in total. The topological polar surface area (TPSA) is 82.9 Å². The Hall–Kier alpha value is -1.60. The van der Waals surface area contributed by atoms with Gasteiger partial charge in [-0.05, 0) is 32.8 Å². The van der Waals surface area contributed by atoms with Crippen molar-refractivity contribution < 1.29 is 19.6 Å². The molecule has 0 aliphatic carbocycles. The summed E-state index contributed by atoms with van der Waals surface area (Å²) in [5, 5.41) is 18.2. The fraction of sp³-hybridized carbons (Fsp3) is 0.538. The van der Waals surface area contributed by atoms with Gasteiger partial charge in [0.05, 0.1) is 12.2 Å². The minimum absolute atomic E-state index is 0.351. The maximum absolute atomic E-state index is 12.0. The van der Waals surface area contributed by atoms with E-state index in [-0.39, 0.29) is 6.09 Å². The number of rotatable bonds is 1. The Morgan fingerprint density at radius 3 is 2.75 bits per heavy atom. The van der Waals surface area contributed by atoms with Crippen LogP contribution in [0.5, 0.6) is 0 Å². The van der Waals surface area contributed by atoms with Crippen LogP contribution >= 0.6 is 0 Å². The number of ether oxygens (including phenoxy) is 1. The molecule has 1 aliphatic heterocycles. The van der Waals surface area contributed by atoms with Gasteiger partial charge in [0.2, 0.25) is 0 Å². The highest BCUT2D eigenvalue weighted by Gasteiger charge is 2.27. The van der Waals surface area contributed by atoms with Crippen LogP contribution in [0.3, 0.4) is 0 Å². The molecule has 0 saturated heterocycles. The predicted octanol–water partition coefficient (Wildman–Crippen LogP) is 0.0546. The summed E-state index contributed by atoms with van der Waals surface area (Å²) in [5.41, 5.74) is 1.56. The van der Waals surface area contributed by atoms with Crippen LogP contribution in [0.15, 0.2) is 12.3 Å². The molecule has 0 aromatic carbocycles. The highest BCUT2D eigenvalue weighted by Crippen LogP contribution is 2.18. The van der Waals surface area contributed by atoms with Crippen LogP contribution in [-0.2, 0) is 17.7 Å². The molecule has 1 amide bonds. The van der Waals surface area contributed by atoms with Crippen molar-refractivity contribution in [3.05, 3.63) is 23.5 Å². The van der Waals surface area contributed by atoms with E-state index in [1.165, 1.54) is 6.20 Å². The SMILES string of the molecule is CC(C)(C)OC(=O)N1CCc2cc(B(O)O)cnc2C1. The number of fused-ring (bicyclic) bond motifs is 1. The van der Waals surface area contributed by atoms with Crippen LogP contribution < -0.4 is 5.46 Å². The minimum Gasteiger partial charge on any atom is -0.444 e. The highest BCUT2D eigenvalue weighted by molar-refractivity contribution is 6.58. The van der Waals surface area contributed by atoms with Gasteiger partial charge in [-0.25, -0.2) is 4.79 Å². The number of aromatic nitrogens is 1. The summed E-state index contributed by atoms with van der Waals surface area (Å²) in [4.78, 5) is 17.8. The van der Waals surface area contributed by atoms with E-state index < -0.39 is 12.7 Å². The lowest BCUT2D eigenvalue weighted by atomic mass is 9.80. The minimum atomic E-state index is -1.52. The molecule has 2 heterocycles. The number of hydrogen-bond donors (Lipinski definition) is 2. The zero-order valence-corrected chi connectivity index (χ0v) is 12.0. The van der Waals surface area contributed by atoms with Crippen LogP contribution in [0.25, 0.3) is 0 Å². The second-order valence-electron chi connectivity index (χ2n) is 5.90. The fourth-order valence-corrected chi connectivity index (χ4v) is 2.05. The number of carbonyl (C=O) groups is 1. The lowest BCUT2D eigenvalue weighted by Crippen LogP contribution is -2.41. The van der Waals surface area contributed by atoms with Crippen LogP contribution in [0.1, 0.15) is 32.0 Å². The van der Waals surface area contributed by atoms with Crippen LogP contribution in [-0.4, -0.2) is 45.3 Å². The van der Waals surface area contributed by atoms with E-state index in [0.717, 1.165) is 11.3 Å². The molecule has 2 rings (SSSR count). The van der Waals surface area contributed by atoms with Gasteiger partial charge in [0.1, 0.15) is 5.60 Å². The average Bonchev–Trinajstić information content (AvgIpc) is 2.35. The van der Waals surface area contributed by atoms with Crippen molar-refractivity contribution in [1.82, 2.24) is 9.88 Å². The van der Waals surface area contributed by atoms with Gasteiger partial charge in [-0.15, -0.1) is 0 Å². The van der Waals surface area contributed by atoms with E-state index in [4.69, 9.17) is 14.8 Å². The first kappa shape index (κ1) is 14.8. The third-order valence-corrected chi connectivity index (χ3v) is 3.02. The maximum atomic E-state index is 12.0. The van der Waals surface area contributed by atoms with Gasteiger partial charge in [-0.2, -0.15) is 0 Å². The smallest absolute Gasteiger partial charge is 0.444 e. The second kappa shape index (κ2) is 5.42. The van der Waals surface area contributed by atoms with E-state index in [1.807, 2.05) is 20.8 Å². The molecular formula is C13H19BN2O4.